The van der Waals surface area contributed by atoms with Crippen molar-refractivity contribution in [2.75, 3.05) is 0 Å². The molecule has 2 N–H and O–H groups in total. The summed E-state index contributed by atoms with van der Waals surface area (Å²) in [5.74, 6) is -1.53. The van der Waals surface area contributed by atoms with Crippen LogP contribution < -0.4 is 10.6 Å². The monoisotopic (exact) mass is 280 g/mol. The minimum absolute atomic E-state index is 0.261. The van der Waals surface area contributed by atoms with Gasteiger partial charge in [0.05, 0.1) is 17.9 Å². The van der Waals surface area contributed by atoms with Crippen molar-refractivity contribution in [2.45, 2.75) is 45.8 Å². The first-order chi connectivity index (χ1) is 9.17. The molecule has 0 radical (unpaired) electrons. The van der Waals surface area contributed by atoms with Crippen LogP contribution in [0.25, 0.3) is 0 Å². The van der Waals surface area contributed by atoms with Gasteiger partial charge in [0.15, 0.2) is 0 Å². The summed E-state index contributed by atoms with van der Waals surface area (Å²) in [4.78, 5) is 35.4. The number of amides is 3. The summed E-state index contributed by atoms with van der Waals surface area (Å²) in [6.07, 6.45) is 1.79. The summed E-state index contributed by atoms with van der Waals surface area (Å²) >= 11 is 0. The number of hydrogen-bond donors (Lipinski definition) is 2. The number of imide groups is 1. The van der Waals surface area contributed by atoms with E-state index >= 15 is 0 Å². The smallest absolute Gasteiger partial charge is 0.408 e. The molecule has 0 aromatic heterocycles. The summed E-state index contributed by atoms with van der Waals surface area (Å²) in [5, 5.41) is 5.01. The van der Waals surface area contributed by atoms with E-state index in [0.29, 0.717) is 6.42 Å². The molecule has 2 rings (SSSR count). The van der Waals surface area contributed by atoms with Gasteiger partial charge in [-0.3, -0.25) is 14.9 Å². The molecule has 0 spiro atoms. The number of hydrogen-bond acceptors (Lipinski definition) is 4. The van der Waals surface area contributed by atoms with Crippen molar-refractivity contribution in [3.63, 3.8) is 0 Å². The molecule has 1 aliphatic carbocycles. The van der Waals surface area contributed by atoms with E-state index in [1.165, 1.54) is 0 Å². The Morgan fingerprint density at radius 3 is 2.60 bits per heavy atom. The highest BCUT2D eigenvalue weighted by Gasteiger charge is 2.48. The van der Waals surface area contributed by atoms with Gasteiger partial charge in [0.1, 0.15) is 5.60 Å². The lowest BCUT2D eigenvalue weighted by molar-refractivity contribution is -0.126. The zero-order chi connectivity index (χ0) is 15.1. The van der Waals surface area contributed by atoms with E-state index in [0.717, 1.165) is 5.57 Å². The van der Waals surface area contributed by atoms with Gasteiger partial charge >= 0.3 is 6.09 Å². The molecule has 0 aromatic carbocycles. The molecule has 6 nitrogen and oxygen atoms in total. The number of nitrogens with one attached hydrogen (secondary N) is 2. The van der Waals surface area contributed by atoms with Crippen LogP contribution in [0, 0.1) is 11.8 Å². The fourth-order valence-corrected chi connectivity index (χ4v) is 2.68. The molecule has 1 aliphatic heterocycles. The number of carbonyl (C=O) groups is 3. The van der Waals surface area contributed by atoms with Crippen LogP contribution in [0.3, 0.4) is 0 Å². The number of allylic oxidation sites excluding steroid dienone is 1. The van der Waals surface area contributed by atoms with Gasteiger partial charge in [-0.15, -0.1) is 0 Å². The Morgan fingerprint density at radius 1 is 1.35 bits per heavy atom. The highest BCUT2D eigenvalue weighted by molar-refractivity contribution is 6.06. The van der Waals surface area contributed by atoms with Crippen molar-refractivity contribution in [3.05, 3.63) is 11.6 Å². The van der Waals surface area contributed by atoms with Crippen molar-refractivity contribution < 1.29 is 19.1 Å². The molecule has 1 saturated heterocycles. The maximum Gasteiger partial charge on any atom is 0.408 e. The molecule has 0 saturated carbocycles. The Bertz CT molecular complexity index is 490. The topological polar surface area (TPSA) is 84.5 Å². The quantitative estimate of drug-likeness (QED) is 0.557. The van der Waals surface area contributed by atoms with Gasteiger partial charge in [0.25, 0.3) is 0 Å². The van der Waals surface area contributed by atoms with Crippen molar-refractivity contribution in [3.8, 4) is 0 Å². The minimum Gasteiger partial charge on any atom is -0.444 e. The lowest BCUT2D eigenvalue weighted by Gasteiger charge is -2.30. The number of fused-ring (bicyclic) bond motifs is 1. The molecule has 3 unspecified atom stereocenters. The average molecular weight is 280 g/mol. The van der Waals surface area contributed by atoms with Crippen molar-refractivity contribution in [1.29, 1.82) is 0 Å². The van der Waals surface area contributed by atoms with Crippen LogP contribution in [-0.4, -0.2) is 29.6 Å². The van der Waals surface area contributed by atoms with Gasteiger partial charge in [-0.05, 0) is 34.1 Å². The fourth-order valence-electron chi connectivity index (χ4n) is 2.68. The predicted octanol–water partition coefficient (Wildman–Crippen LogP) is 1.12. The third kappa shape index (κ3) is 3.00. The Labute approximate surface area is 117 Å². The van der Waals surface area contributed by atoms with Gasteiger partial charge in [0.2, 0.25) is 11.8 Å². The third-order valence-corrected chi connectivity index (χ3v) is 3.40. The molecule has 6 heteroatoms. The fraction of sp³-hybridized carbons (Fsp3) is 0.643. The Morgan fingerprint density at radius 2 is 2.00 bits per heavy atom. The number of rotatable bonds is 1. The molecule has 1 fully saturated rings. The molecule has 0 aromatic rings. The SMILES string of the molecule is CC1=CC(NC(=O)OC(C)(C)C)C2C(=O)NC(=O)C2C1. The molecular weight excluding hydrogens is 260 g/mol. The van der Waals surface area contributed by atoms with E-state index < -0.39 is 29.6 Å². The summed E-state index contributed by atoms with van der Waals surface area (Å²) in [5.41, 5.74) is 0.377. The Balaban J connectivity index is 2.13. The predicted molar refractivity (Wildman–Crippen MR) is 71.7 cm³/mol. The zero-order valence-electron chi connectivity index (χ0n) is 12.1. The van der Waals surface area contributed by atoms with E-state index in [2.05, 4.69) is 10.6 Å². The summed E-state index contributed by atoms with van der Waals surface area (Å²) in [7, 11) is 0. The second kappa shape index (κ2) is 4.92. The van der Waals surface area contributed by atoms with Crippen LogP contribution in [0.2, 0.25) is 0 Å². The maximum atomic E-state index is 11.8. The van der Waals surface area contributed by atoms with Gasteiger partial charge in [-0.25, -0.2) is 4.79 Å². The van der Waals surface area contributed by atoms with Crippen LogP contribution in [0.4, 0.5) is 4.79 Å². The van der Waals surface area contributed by atoms with Gasteiger partial charge in [0, 0.05) is 0 Å². The third-order valence-electron chi connectivity index (χ3n) is 3.40. The van der Waals surface area contributed by atoms with E-state index in [1.807, 2.05) is 13.0 Å². The van der Waals surface area contributed by atoms with Gasteiger partial charge in [-0.1, -0.05) is 11.6 Å². The minimum atomic E-state index is -0.606. The van der Waals surface area contributed by atoms with Crippen LogP contribution in [0.15, 0.2) is 11.6 Å². The highest BCUT2D eigenvalue weighted by atomic mass is 16.6. The number of alkyl carbamates (subject to hydrolysis) is 1. The van der Waals surface area contributed by atoms with E-state index in [-0.39, 0.29) is 11.8 Å². The first-order valence-electron chi connectivity index (χ1n) is 6.69. The number of ether oxygens (including phenoxy) is 1. The van der Waals surface area contributed by atoms with Gasteiger partial charge < -0.3 is 10.1 Å². The average Bonchev–Trinajstić information content (AvgIpc) is 2.51. The van der Waals surface area contributed by atoms with E-state index in [1.54, 1.807) is 20.8 Å². The lowest BCUT2D eigenvalue weighted by Crippen LogP contribution is -2.47. The summed E-state index contributed by atoms with van der Waals surface area (Å²) in [6.45, 7) is 7.19. The molecule has 20 heavy (non-hydrogen) atoms. The number of carbonyl (C=O) groups excluding carboxylic acids is 3. The molecular formula is C14H20N2O4. The lowest BCUT2D eigenvalue weighted by atomic mass is 9.78. The molecule has 0 bridgehead atoms. The molecule has 3 amide bonds. The van der Waals surface area contributed by atoms with Crippen LogP contribution >= 0.6 is 0 Å². The normalized spacial score (nSPS) is 29.4. The van der Waals surface area contributed by atoms with Crippen LogP contribution in [0.5, 0.6) is 0 Å². The highest BCUT2D eigenvalue weighted by Crippen LogP contribution is 2.34. The zero-order valence-corrected chi connectivity index (χ0v) is 12.1. The van der Waals surface area contributed by atoms with Crippen molar-refractivity contribution in [2.24, 2.45) is 11.8 Å². The van der Waals surface area contributed by atoms with Crippen LogP contribution in [0.1, 0.15) is 34.1 Å². The van der Waals surface area contributed by atoms with Gasteiger partial charge in [-0.2, -0.15) is 0 Å². The second-order valence-electron chi connectivity index (χ2n) is 6.37. The molecule has 110 valence electrons. The van der Waals surface area contributed by atoms with Crippen LogP contribution in [-0.2, 0) is 14.3 Å². The van der Waals surface area contributed by atoms with E-state index in [4.69, 9.17) is 4.74 Å². The largest absolute Gasteiger partial charge is 0.444 e. The molecule has 3 atom stereocenters. The summed E-state index contributed by atoms with van der Waals surface area (Å²) in [6, 6.07) is -0.505. The maximum absolute atomic E-state index is 11.8. The Hall–Kier alpha value is -1.85. The molecule has 1 heterocycles. The first kappa shape index (κ1) is 14.6. The van der Waals surface area contributed by atoms with Crippen molar-refractivity contribution in [1.82, 2.24) is 10.6 Å². The summed E-state index contributed by atoms with van der Waals surface area (Å²) < 4.78 is 5.19. The molecule has 2 aliphatic rings. The first-order valence-corrected chi connectivity index (χ1v) is 6.69. The van der Waals surface area contributed by atoms with E-state index in [9.17, 15) is 14.4 Å². The second-order valence-corrected chi connectivity index (χ2v) is 6.37. The standard InChI is InChI=1S/C14H20N2O4/c1-7-5-8-10(12(18)16-11(8)17)9(6-7)15-13(19)20-14(2,3)4/h6,8-10H,5H2,1-4H3,(H,15,19)(H,16,17,18). The Kier molecular flexibility index (Phi) is 3.58. The van der Waals surface area contributed by atoms with Crippen molar-refractivity contribution >= 4 is 17.9 Å².